The summed E-state index contributed by atoms with van der Waals surface area (Å²) in [5, 5.41) is 17.2. The molecule has 0 radical (unpaired) electrons. The van der Waals surface area contributed by atoms with E-state index in [0.717, 1.165) is 4.68 Å². The average Bonchev–Trinajstić information content (AvgIpc) is 3.15. The Morgan fingerprint density at radius 2 is 1.56 bits per heavy atom. The van der Waals surface area contributed by atoms with Crippen molar-refractivity contribution in [2.24, 2.45) is 0 Å². The highest BCUT2D eigenvalue weighted by Gasteiger charge is 2.22. The summed E-state index contributed by atoms with van der Waals surface area (Å²) in [7, 11) is 4.31. The van der Waals surface area contributed by atoms with Crippen molar-refractivity contribution in [2.75, 3.05) is 21.3 Å². The molecule has 0 bridgehead atoms. The van der Waals surface area contributed by atoms with Gasteiger partial charge in [0.1, 0.15) is 11.4 Å². The second-order valence-corrected chi connectivity index (χ2v) is 5.31. The van der Waals surface area contributed by atoms with E-state index in [9.17, 15) is 18.3 Å². The van der Waals surface area contributed by atoms with Crippen molar-refractivity contribution < 1.29 is 32.5 Å². The van der Waals surface area contributed by atoms with Crippen LogP contribution in [0.25, 0.3) is 16.9 Å². The summed E-state index contributed by atoms with van der Waals surface area (Å²) in [5.41, 5.74) is -0.135. The molecule has 0 aliphatic carbocycles. The lowest BCUT2D eigenvalue weighted by Gasteiger charge is -2.13. The number of aromatic nitrogens is 3. The minimum Gasteiger partial charge on any atom is -0.503 e. The van der Waals surface area contributed by atoms with Crippen LogP contribution in [0.15, 0.2) is 24.4 Å². The molecule has 27 heavy (non-hydrogen) atoms. The highest BCUT2D eigenvalue weighted by molar-refractivity contribution is 5.68. The van der Waals surface area contributed by atoms with E-state index in [1.807, 2.05) is 0 Å². The van der Waals surface area contributed by atoms with Crippen molar-refractivity contribution in [2.45, 2.75) is 0 Å². The number of nitrogens with zero attached hydrogens (tertiary/aromatic N) is 3. The Balaban J connectivity index is 2.13. The summed E-state index contributed by atoms with van der Waals surface area (Å²) < 4.78 is 57.5. The fraction of sp³-hybridized carbons (Fsp3) is 0.176. The summed E-state index contributed by atoms with van der Waals surface area (Å²) in [6.45, 7) is 0. The Morgan fingerprint density at radius 1 is 0.926 bits per heavy atom. The van der Waals surface area contributed by atoms with Gasteiger partial charge in [0.05, 0.1) is 27.5 Å². The van der Waals surface area contributed by atoms with E-state index >= 15 is 0 Å². The van der Waals surface area contributed by atoms with Crippen LogP contribution in [0.3, 0.4) is 0 Å². The normalized spacial score (nSPS) is 10.7. The summed E-state index contributed by atoms with van der Waals surface area (Å²) in [6.07, 6.45) is 1.19. The van der Waals surface area contributed by atoms with Gasteiger partial charge in [-0.05, 0) is 12.1 Å². The summed E-state index contributed by atoms with van der Waals surface area (Å²) in [5.74, 6) is -4.31. The number of halogens is 3. The minimum atomic E-state index is -1.47. The lowest BCUT2D eigenvalue weighted by molar-refractivity contribution is 0.324. The van der Waals surface area contributed by atoms with Crippen molar-refractivity contribution >= 4 is 0 Å². The summed E-state index contributed by atoms with van der Waals surface area (Å²) in [4.78, 5) is 0. The standard InChI is InChI=1S/C17H14F3N3O4/c1-25-12-4-8(5-13(26-2)17(12)27-3)11-7-23(22-21-11)15-14(20)9(18)6-10(19)16(15)24/h4-7,24H,1-3H3. The van der Waals surface area contributed by atoms with Gasteiger partial charge in [0.25, 0.3) is 0 Å². The van der Waals surface area contributed by atoms with Gasteiger partial charge in [0.15, 0.2) is 34.7 Å². The zero-order chi connectivity index (χ0) is 19.7. The van der Waals surface area contributed by atoms with Gasteiger partial charge in [0, 0.05) is 11.6 Å². The number of hydrogen-bond acceptors (Lipinski definition) is 6. The molecule has 0 fully saturated rings. The molecule has 1 heterocycles. The lowest BCUT2D eigenvalue weighted by Crippen LogP contribution is -2.03. The van der Waals surface area contributed by atoms with Gasteiger partial charge in [-0.15, -0.1) is 5.10 Å². The van der Waals surface area contributed by atoms with Crippen LogP contribution in [-0.4, -0.2) is 41.4 Å². The molecule has 1 aromatic heterocycles. The van der Waals surface area contributed by atoms with Crippen molar-refractivity contribution in [1.29, 1.82) is 0 Å². The van der Waals surface area contributed by atoms with Crippen LogP contribution >= 0.6 is 0 Å². The molecule has 0 spiro atoms. The van der Waals surface area contributed by atoms with Crippen LogP contribution in [0.1, 0.15) is 0 Å². The number of hydrogen-bond donors (Lipinski definition) is 1. The largest absolute Gasteiger partial charge is 0.503 e. The molecule has 0 saturated carbocycles. The first-order valence-electron chi connectivity index (χ1n) is 7.50. The first kappa shape index (κ1) is 18.4. The molecule has 0 atom stereocenters. The molecule has 10 heteroatoms. The third kappa shape index (κ3) is 3.09. The van der Waals surface area contributed by atoms with Crippen molar-refractivity contribution in [3.8, 4) is 39.9 Å². The highest BCUT2D eigenvalue weighted by Crippen LogP contribution is 2.41. The van der Waals surface area contributed by atoms with E-state index in [1.54, 1.807) is 12.1 Å². The molecule has 0 saturated heterocycles. The molecule has 3 aromatic rings. The predicted molar refractivity (Wildman–Crippen MR) is 88.0 cm³/mol. The Kier molecular flexibility index (Phi) is 4.80. The molecule has 2 aromatic carbocycles. The third-order valence-corrected chi connectivity index (χ3v) is 3.80. The SMILES string of the molecule is COc1cc(-c2cn(-c3c(O)c(F)cc(F)c3F)nn2)cc(OC)c1OC. The summed E-state index contributed by atoms with van der Waals surface area (Å²) in [6, 6.07) is 3.38. The van der Waals surface area contributed by atoms with E-state index in [4.69, 9.17) is 14.2 Å². The number of methoxy groups -OCH3 is 3. The second-order valence-electron chi connectivity index (χ2n) is 5.31. The van der Waals surface area contributed by atoms with Gasteiger partial charge >= 0.3 is 0 Å². The zero-order valence-corrected chi connectivity index (χ0v) is 14.5. The van der Waals surface area contributed by atoms with E-state index < -0.39 is 28.9 Å². The first-order chi connectivity index (χ1) is 12.9. The zero-order valence-electron chi connectivity index (χ0n) is 14.5. The Morgan fingerprint density at radius 3 is 2.11 bits per heavy atom. The molecule has 7 nitrogen and oxygen atoms in total. The second kappa shape index (κ2) is 7.06. The Labute approximate surface area is 151 Å². The van der Waals surface area contributed by atoms with Crippen molar-refractivity contribution in [3.05, 3.63) is 41.8 Å². The quantitative estimate of drug-likeness (QED) is 0.685. The van der Waals surface area contributed by atoms with Gasteiger partial charge < -0.3 is 19.3 Å². The van der Waals surface area contributed by atoms with Crippen molar-refractivity contribution in [3.63, 3.8) is 0 Å². The van der Waals surface area contributed by atoms with E-state index in [0.29, 0.717) is 22.8 Å². The Bertz CT molecular complexity index is 956. The van der Waals surface area contributed by atoms with Crippen LogP contribution in [-0.2, 0) is 0 Å². The molecule has 3 rings (SSSR count). The number of rotatable bonds is 5. The number of phenolic OH excluding ortho intramolecular Hbond substituents is 1. The van der Waals surface area contributed by atoms with Crippen LogP contribution in [0.4, 0.5) is 13.2 Å². The number of ether oxygens (including phenoxy) is 3. The van der Waals surface area contributed by atoms with Crippen LogP contribution in [0, 0.1) is 17.5 Å². The maximum atomic E-state index is 14.0. The smallest absolute Gasteiger partial charge is 0.203 e. The molecule has 0 aliphatic heterocycles. The molecular formula is C17H14F3N3O4. The fourth-order valence-corrected chi connectivity index (χ4v) is 2.52. The number of benzene rings is 2. The van der Waals surface area contributed by atoms with E-state index in [1.165, 1.54) is 27.5 Å². The molecule has 0 unspecified atom stereocenters. The molecule has 142 valence electrons. The van der Waals surface area contributed by atoms with Gasteiger partial charge in [0.2, 0.25) is 5.75 Å². The molecule has 1 N–H and O–H groups in total. The molecular weight excluding hydrogens is 367 g/mol. The minimum absolute atomic E-state index is 0.206. The fourth-order valence-electron chi connectivity index (χ4n) is 2.52. The van der Waals surface area contributed by atoms with Gasteiger partial charge in [-0.2, -0.15) is 0 Å². The topological polar surface area (TPSA) is 78.6 Å². The van der Waals surface area contributed by atoms with E-state index in [2.05, 4.69) is 10.3 Å². The first-order valence-corrected chi connectivity index (χ1v) is 7.50. The van der Waals surface area contributed by atoms with Crippen molar-refractivity contribution in [1.82, 2.24) is 15.0 Å². The maximum Gasteiger partial charge on any atom is 0.203 e. The van der Waals surface area contributed by atoms with Crippen LogP contribution < -0.4 is 14.2 Å². The molecule has 0 aliphatic rings. The lowest BCUT2D eigenvalue weighted by atomic mass is 10.1. The van der Waals surface area contributed by atoms with Gasteiger partial charge in [-0.3, -0.25) is 0 Å². The molecule has 0 amide bonds. The monoisotopic (exact) mass is 381 g/mol. The van der Waals surface area contributed by atoms with E-state index in [-0.39, 0.29) is 11.8 Å². The maximum absolute atomic E-state index is 14.0. The highest BCUT2D eigenvalue weighted by atomic mass is 19.2. The van der Waals surface area contributed by atoms with Crippen LogP contribution in [0.2, 0.25) is 0 Å². The Hall–Kier alpha value is -3.43. The average molecular weight is 381 g/mol. The summed E-state index contributed by atoms with van der Waals surface area (Å²) >= 11 is 0. The number of aromatic hydroxyl groups is 1. The van der Waals surface area contributed by atoms with Gasteiger partial charge in [-0.1, -0.05) is 5.21 Å². The number of phenols is 1. The predicted octanol–water partition coefficient (Wildman–Crippen LogP) is 3.08. The van der Waals surface area contributed by atoms with Crippen LogP contribution in [0.5, 0.6) is 23.0 Å². The third-order valence-electron chi connectivity index (χ3n) is 3.80. The van der Waals surface area contributed by atoms with Gasteiger partial charge in [-0.25, -0.2) is 17.9 Å².